The lowest BCUT2D eigenvalue weighted by atomic mass is 10.1. The Balaban J connectivity index is 1.92. The van der Waals surface area contributed by atoms with Gasteiger partial charge in [-0.25, -0.2) is 9.97 Å². The number of nitrogens with zero attached hydrogens (tertiary/aromatic N) is 2. The van der Waals surface area contributed by atoms with Gasteiger partial charge in [0.2, 0.25) is 0 Å². The molecule has 1 aromatic heterocycles. The highest BCUT2D eigenvalue weighted by atomic mass is 15.1. The molecule has 0 fully saturated rings. The van der Waals surface area contributed by atoms with Crippen LogP contribution in [0.4, 0.5) is 11.6 Å². The van der Waals surface area contributed by atoms with Gasteiger partial charge in [0.05, 0.1) is 0 Å². The maximum Gasteiger partial charge on any atom is 0.131 e. The molecule has 0 spiro atoms. The van der Waals surface area contributed by atoms with Crippen LogP contribution in [0.15, 0.2) is 36.7 Å². The second-order valence-electron chi connectivity index (χ2n) is 5.40. The van der Waals surface area contributed by atoms with Crippen molar-refractivity contribution in [2.45, 2.75) is 27.3 Å². The first-order valence-electron chi connectivity index (χ1n) is 6.99. The summed E-state index contributed by atoms with van der Waals surface area (Å²) in [6.45, 7) is 8.11. The van der Waals surface area contributed by atoms with Crippen molar-refractivity contribution in [2.75, 3.05) is 17.2 Å². The lowest BCUT2D eigenvalue weighted by Gasteiger charge is -2.10. The number of hydrogen-bond donors (Lipinski definition) is 2. The van der Waals surface area contributed by atoms with Gasteiger partial charge in [-0.05, 0) is 18.4 Å². The van der Waals surface area contributed by atoms with Crippen LogP contribution < -0.4 is 10.6 Å². The van der Waals surface area contributed by atoms with Gasteiger partial charge in [-0.1, -0.05) is 43.7 Å². The van der Waals surface area contributed by atoms with E-state index in [9.17, 15) is 0 Å². The summed E-state index contributed by atoms with van der Waals surface area (Å²) in [6, 6.07) is 10.4. The van der Waals surface area contributed by atoms with Crippen molar-refractivity contribution in [3.63, 3.8) is 0 Å². The van der Waals surface area contributed by atoms with E-state index >= 15 is 0 Å². The molecule has 1 heterocycles. The van der Waals surface area contributed by atoms with E-state index < -0.39 is 0 Å². The van der Waals surface area contributed by atoms with Crippen LogP contribution in [0.25, 0.3) is 0 Å². The monoisotopic (exact) mass is 270 g/mol. The standard InChI is InChI=1S/C16H22N4/c1-12(2)9-17-15-8-16(20-11-19-15)18-10-14-6-4-13(3)5-7-14/h4-8,11-12H,9-10H2,1-3H3,(H2,17,18,19,20). The van der Waals surface area contributed by atoms with E-state index in [2.05, 4.69) is 65.6 Å². The van der Waals surface area contributed by atoms with E-state index in [0.29, 0.717) is 5.92 Å². The van der Waals surface area contributed by atoms with Gasteiger partial charge in [0.15, 0.2) is 0 Å². The van der Waals surface area contributed by atoms with E-state index in [0.717, 1.165) is 24.7 Å². The highest BCUT2D eigenvalue weighted by Crippen LogP contribution is 2.11. The number of aryl methyl sites for hydroxylation is 1. The fourth-order valence-electron chi connectivity index (χ4n) is 1.76. The Hall–Kier alpha value is -2.10. The molecule has 0 aliphatic heterocycles. The third-order valence-corrected chi connectivity index (χ3v) is 2.95. The van der Waals surface area contributed by atoms with Crippen LogP contribution in [0.3, 0.4) is 0 Å². The molecule has 0 radical (unpaired) electrons. The minimum absolute atomic E-state index is 0.592. The third-order valence-electron chi connectivity index (χ3n) is 2.95. The lowest BCUT2D eigenvalue weighted by Crippen LogP contribution is -2.10. The van der Waals surface area contributed by atoms with Gasteiger partial charge in [-0.15, -0.1) is 0 Å². The average Bonchev–Trinajstić information content (AvgIpc) is 2.45. The van der Waals surface area contributed by atoms with Gasteiger partial charge < -0.3 is 10.6 Å². The number of hydrogen-bond acceptors (Lipinski definition) is 4. The second kappa shape index (κ2) is 6.89. The molecular formula is C16H22N4. The van der Waals surface area contributed by atoms with Crippen LogP contribution >= 0.6 is 0 Å². The molecule has 0 atom stereocenters. The molecule has 2 rings (SSSR count). The van der Waals surface area contributed by atoms with E-state index in [-0.39, 0.29) is 0 Å². The summed E-state index contributed by atoms with van der Waals surface area (Å²) < 4.78 is 0. The Morgan fingerprint density at radius 2 is 1.65 bits per heavy atom. The molecule has 0 aliphatic carbocycles. The van der Waals surface area contributed by atoms with Gasteiger partial charge in [-0.2, -0.15) is 0 Å². The van der Waals surface area contributed by atoms with Crippen molar-refractivity contribution in [1.29, 1.82) is 0 Å². The van der Waals surface area contributed by atoms with E-state index in [1.807, 2.05) is 6.07 Å². The summed E-state index contributed by atoms with van der Waals surface area (Å²) in [5, 5.41) is 6.62. The molecule has 1 aromatic carbocycles. The molecular weight excluding hydrogens is 248 g/mol. The molecule has 0 saturated carbocycles. The maximum absolute atomic E-state index is 4.24. The van der Waals surface area contributed by atoms with Gasteiger partial charge in [0, 0.05) is 19.2 Å². The normalized spacial score (nSPS) is 10.6. The van der Waals surface area contributed by atoms with Crippen molar-refractivity contribution in [3.8, 4) is 0 Å². The number of anilines is 2. The molecule has 0 bridgehead atoms. The lowest BCUT2D eigenvalue weighted by molar-refractivity contribution is 0.687. The first-order chi connectivity index (χ1) is 9.63. The fraction of sp³-hybridized carbons (Fsp3) is 0.375. The van der Waals surface area contributed by atoms with Gasteiger partial charge in [-0.3, -0.25) is 0 Å². The van der Waals surface area contributed by atoms with Crippen molar-refractivity contribution in [3.05, 3.63) is 47.8 Å². The van der Waals surface area contributed by atoms with Gasteiger partial charge in [0.1, 0.15) is 18.0 Å². The zero-order chi connectivity index (χ0) is 14.4. The summed E-state index contributed by atoms with van der Waals surface area (Å²) in [6.07, 6.45) is 1.58. The Morgan fingerprint density at radius 3 is 2.30 bits per heavy atom. The Morgan fingerprint density at radius 1 is 1.00 bits per heavy atom. The summed E-state index contributed by atoms with van der Waals surface area (Å²) in [7, 11) is 0. The fourth-order valence-corrected chi connectivity index (χ4v) is 1.76. The topological polar surface area (TPSA) is 49.8 Å². The van der Waals surface area contributed by atoms with Crippen molar-refractivity contribution in [2.24, 2.45) is 5.92 Å². The summed E-state index contributed by atoms with van der Waals surface area (Å²) >= 11 is 0. The van der Waals surface area contributed by atoms with E-state index in [1.54, 1.807) is 6.33 Å². The minimum atomic E-state index is 0.592. The molecule has 0 saturated heterocycles. The average molecular weight is 270 g/mol. The van der Waals surface area contributed by atoms with Crippen LogP contribution in [0.5, 0.6) is 0 Å². The number of nitrogens with one attached hydrogen (secondary N) is 2. The Kier molecular flexibility index (Phi) is 4.93. The molecule has 4 nitrogen and oxygen atoms in total. The SMILES string of the molecule is Cc1ccc(CNc2cc(NCC(C)C)ncn2)cc1. The first-order valence-corrected chi connectivity index (χ1v) is 6.99. The molecule has 0 aliphatic rings. The van der Waals surface area contributed by atoms with E-state index in [1.165, 1.54) is 11.1 Å². The van der Waals surface area contributed by atoms with Crippen LogP contribution in [0.2, 0.25) is 0 Å². The second-order valence-corrected chi connectivity index (χ2v) is 5.40. The summed E-state index contributed by atoms with van der Waals surface area (Å²) in [5.74, 6) is 2.29. The first kappa shape index (κ1) is 14.3. The third kappa shape index (κ3) is 4.53. The smallest absolute Gasteiger partial charge is 0.131 e. The van der Waals surface area contributed by atoms with Gasteiger partial charge >= 0.3 is 0 Å². The molecule has 0 unspecified atom stereocenters. The molecule has 20 heavy (non-hydrogen) atoms. The molecule has 106 valence electrons. The molecule has 2 N–H and O–H groups in total. The highest BCUT2D eigenvalue weighted by Gasteiger charge is 2.00. The number of aromatic nitrogens is 2. The van der Waals surface area contributed by atoms with Crippen LogP contribution in [-0.4, -0.2) is 16.5 Å². The molecule has 0 amide bonds. The summed E-state index contributed by atoms with van der Waals surface area (Å²) in [4.78, 5) is 8.45. The van der Waals surface area contributed by atoms with Crippen LogP contribution in [0, 0.1) is 12.8 Å². The Bertz CT molecular complexity index is 534. The Labute approximate surface area is 120 Å². The van der Waals surface area contributed by atoms with Crippen molar-refractivity contribution in [1.82, 2.24) is 9.97 Å². The summed E-state index contributed by atoms with van der Waals surface area (Å²) in [5.41, 5.74) is 2.52. The molecule has 2 aromatic rings. The van der Waals surface area contributed by atoms with Gasteiger partial charge in [0.25, 0.3) is 0 Å². The quantitative estimate of drug-likeness (QED) is 0.844. The minimum Gasteiger partial charge on any atom is -0.370 e. The van der Waals surface area contributed by atoms with Crippen molar-refractivity contribution >= 4 is 11.6 Å². The predicted octanol–water partition coefficient (Wildman–Crippen LogP) is 3.47. The largest absolute Gasteiger partial charge is 0.370 e. The van der Waals surface area contributed by atoms with E-state index in [4.69, 9.17) is 0 Å². The zero-order valence-electron chi connectivity index (χ0n) is 12.4. The van der Waals surface area contributed by atoms with Crippen LogP contribution in [-0.2, 0) is 6.54 Å². The predicted molar refractivity (Wildman–Crippen MR) is 83.9 cm³/mol. The maximum atomic E-state index is 4.24. The van der Waals surface area contributed by atoms with Crippen LogP contribution in [0.1, 0.15) is 25.0 Å². The van der Waals surface area contributed by atoms with Crippen molar-refractivity contribution < 1.29 is 0 Å². The number of rotatable bonds is 6. The number of benzene rings is 1. The zero-order valence-corrected chi connectivity index (χ0v) is 12.4. The molecule has 4 heteroatoms. The highest BCUT2D eigenvalue weighted by molar-refractivity contribution is 5.46.